The molecule has 1 aliphatic heterocycles. The van der Waals surface area contributed by atoms with Crippen LogP contribution in [0.3, 0.4) is 0 Å². The van der Waals surface area contributed by atoms with Gasteiger partial charge in [0.25, 0.3) is 5.91 Å². The molecular weight excluding hydrogens is 421 g/mol. The number of furan rings is 1. The number of halogens is 1. The van der Waals surface area contributed by atoms with Gasteiger partial charge in [0.05, 0.1) is 18.8 Å². The predicted molar refractivity (Wildman–Crippen MR) is 123 cm³/mol. The first kappa shape index (κ1) is 22.7. The van der Waals surface area contributed by atoms with Crippen LogP contribution in [-0.2, 0) is 11.2 Å². The van der Waals surface area contributed by atoms with Gasteiger partial charge in [-0.3, -0.25) is 14.5 Å². The molecule has 1 aliphatic rings. The molecule has 0 spiro atoms. The minimum absolute atomic E-state index is 0.134. The van der Waals surface area contributed by atoms with Crippen LogP contribution in [0.25, 0.3) is 0 Å². The van der Waals surface area contributed by atoms with Gasteiger partial charge in [0.2, 0.25) is 5.91 Å². The summed E-state index contributed by atoms with van der Waals surface area (Å²) < 4.78 is 19.1. The van der Waals surface area contributed by atoms with Gasteiger partial charge in [-0.1, -0.05) is 43.3 Å². The fourth-order valence-corrected chi connectivity index (χ4v) is 4.07. The number of carbonyl (C=O) groups is 2. The second kappa shape index (κ2) is 10.4. The zero-order valence-corrected chi connectivity index (χ0v) is 18.7. The van der Waals surface area contributed by atoms with Crippen molar-refractivity contribution >= 4 is 11.8 Å². The van der Waals surface area contributed by atoms with Crippen LogP contribution in [0.1, 0.15) is 40.2 Å². The van der Waals surface area contributed by atoms with Crippen molar-refractivity contribution in [1.82, 2.24) is 15.1 Å². The highest BCUT2D eigenvalue weighted by atomic mass is 19.1. The molecule has 0 aliphatic carbocycles. The van der Waals surface area contributed by atoms with Crippen LogP contribution in [-0.4, -0.2) is 54.3 Å². The van der Waals surface area contributed by atoms with E-state index in [2.05, 4.69) is 12.2 Å². The number of nitrogens with one attached hydrogen (secondary N) is 1. The van der Waals surface area contributed by atoms with Crippen LogP contribution >= 0.6 is 0 Å². The third-order valence-electron chi connectivity index (χ3n) is 5.97. The van der Waals surface area contributed by atoms with Crippen LogP contribution in [0, 0.1) is 5.82 Å². The second-order valence-electron chi connectivity index (χ2n) is 8.20. The Bertz CT molecular complexity index is 1070. The average molecular weight is 450 g/mol. The van der Waals surface area contributed by atoms with E-state index in [9.17, 15) is 14.0 Å². The number of nitrogens with zero attached hydrogens (tertiary/aromatic N) is 2. The minimum atomic E-state index is -0.444. The molecule has 172 valence electrons. The molecule has 0 radical (unpaired) electrons. The lowest BCUT2D eigenvalue weighted by molar-refractivity contribution is -0.123. The quantitative estimate of drug-likeness (QED) is 0.598. The van der Waals surface area contributed by atoms with Gasteiger partial charge in [-0.25, -0.2) is 4.39 Å². The molecule has 1 atom stereocenters. The Balaban J connectivity index is 1.39. The van der Waals surface area contributed by atoms with E-state index >= 15 is 0 Å². The molecule has 7 heteroatoms. The second-order valence-corrected chi connectivity index (χ2v) is 8.20. The number of benzene rings is 2. The molecule has 1 fully saturated rings. The Morgan fingerprint density at radius 2 is 1.76 bits per heavy atom. The van der Waals surface area contributed by atoms with E-state index in [0.717, 1.165) is 12.0 Å². The summed E-state index contributed by atoms with van der Waals surface area (Å²) in [7, 11) is 0. The topological polar surface area (TPSA) is 65.8 Å². The molecule has 3 aromatic rings. The van der Waals surface area contributed by atoms with Crippen molar-refractivity contribution in [3.63, 3.8) is 0 Å². The lowest BCUT2D eigenvalue weighted by atomic mass is 9.97. The summed E-state index contributed by atoms with van der Waals surface area (Å²) in [6.45, 7) is 4.53. The van der Waals surface area contributed by atoms with Gasteiger partial charge in [-0.2, -0.15) is 0 Å². The van der Waals surface area contributed by atoms with Crippen LogP contribution in [0.2, 0.25) is 0 Å². The number of piperazine rings is 1. The van der Waals surface area contributed by atoms with Gasteiger partial charge in [0, 0.05) is 26.2 Å². The van der Waals surface area contributed by atoms with Crippen molar-refractivity contribution in [2.45, 2.75) is 19.4 Å². The molecule has 0 unspecified atom stereocenters. The average Bonchev–Trinajstić information content (AvgIpc) is 3.38. The lowest BCUT2D eigenvalue weighted by Gasteiger charge is -2.34. The van der Waals surface area contributed by atoms with Gasteiger partial charge >= 0.3 is 0 Å². The highest BCUT2D eigenvalue weighted by Crippen LogP contribution is 2.23. The molecule has 2 heterocycles. The molecule has 1 N–H and O–H groups in total. The first-order chi connectivity index (χ1) is 16.0. The predicted octanol–water partition coefficient (Wildman–Crippen LogP) is 3.64. The van der Waals surface area contributed by atoms with Crippen LogP contribution < -0.4 is 5.32 Å². The van der Waals surface area contributed by atoms with E-state index in [1.165, 1.54) is 24.0 Å². The lowest BCUT2D eigenvalue weighted by Crippen LogP contribution is -2.51. The minimum Gasteiger partial charge on any atom is -0.459 e. The van der Waals surface area contributed by atoms with E-state index in [1.54, 1.807) is 23.1 Å². The summed E-state index contributed by atoms with van der Waals surface area (Å²) in [6.07, 6.45) is 2.41. The monoisotopic (exact) mass is 449 g/mol. The smallest absolute Gasteiger partial charge is 0.289 e. The molecule has 1 saturated heterocycles. The van der Waals surface area contributed by atoms with E-state index < -0.39 is 6.04 Å². The fraction of sp³-hybridized carbons (Fsp3) is 0.308. The van der Waals surface area contributed by atoms with Crippen molar-refractivity contribution < 1.29 is 18.4 Å². The number of carbonyl (C=O) groups excluding carboxylic acids is 2. The SMILES string of the molecule is CCc1ccc([C@@H](NC(=O)CN2CCN(C(=O)c3ccco3)CC2)c2cccc(F)c2)cc1. The first-order valence-electron chi connectivity index (χ1n) is 11.2. The number of aryl methyl sites for hydroxylation is 1. The summed E-state index contributed by atoms with van der Waals surface area (Å²) in [6, 6.07) is 17.2. The van der Waals surface area contributed by atoms with Gasteiger partial charge in [0.15, 0.2) is 5.76 Å². The Hall–Kier alpha value is -3.45. The largest absolute Gasteiger partial charge is 0.459 e. The molecule has 6 nitrogen and oxygen atoms in total. The summed E-state index contributed by atoms with van der Waals surface area (Å²) in [5, 5.41) is 3.08. The fourth-order valence-electron chi connectivity index (χ4n) is 4.07. The Kier molecular flexibility index (Phi) is 7.19. The Morgan fingerprint density at radius 3 is 2.39 bits per heavy atom. The van der Waals surface area contributed by atoms with Crippen molar-refractivity contribution in [1.29, 1.82) is 0 Å². The number of hydrogen-bond acceptors (Lipinski definition) is 4. The van der Waals surface area contributed by atoms with Crippen LogP contribution in [0.15, 0.2) is 71.3 Å². The zero-order chi connectivity index (χ0) is 23.2. The maximum Gasteiger partial charge on any atom is 0.289 e. The summed E-state index contributed by atoms with van der Waals surface area (Å²) >= 11 is 0. The molecule has 2 aromatic carbocycles. The van der Waals surface area contributed by atoms with E-state index in [1.807, 2.05) is 35.2 Å². The van der Waals surface area contributed by atoms with E-state index in [0.29, 0.717) is 37.5 Å². The van der Waals surface area contributed by atoms with Gasteiger partial charge < -0.3 is 14.6 Å². The first-order valence-corrected chi connectivity index (χ1v) is 11.2. The van der Waals surface area contributed by atoms with Crippen LogP contribution in [0.4, 0.5) is 4.39 Å². The number of amides is 2. The summed E-state index contributed by atoms with van der Waals surface area (Å²) in [5.74, 6) is -0.289. The normalized spacial score (nSPS) is 15.3. The van der Waals surface area contributed by atoms with Crippen molar-refractivity contribution in [2.75, 3.05) is 32.7 Å². The standard InChI is InChI=1S/C26H28FN3O3/c1-2-19-8-10-20(11-9-19)25(21-5-3-6-22(27)17-21)28-24(31)18-29-12-14-30(15-13-29)26(32)23-7-4-16-33-23/h3-11,16-17,25H,2,12-15,18H2,1H3,(H,28,31)/t25-/m1/s1. The van der Waals surface area contributed by atoms with E-state index in [-0.39, 0.29) is 24.2 Å². The number of hydrogen-bond donors (Lipinski definition) is 1. The molecule has 33 heavy (non-hydrogen) atoms. The van der Waals surface area contributed by atoms with Crippen molar-refractivity contribution in [3.05, 3.63) is 95.2 Å². The third-order valence-corrected chi connectivity index (χ3v) is 5.97. The molecule has 2 amide bonds. The number of rotatable bonds is 7. The van der Waals surface area contributed by atoms with Gasteiger partial charge in [-0.05, 0) is 47.4 Å². The summed E-state index contributed by atoms with van der Waals surface area (Å²) in [4.78, 5) is 29.1. The van der Waals surface area contributed by atoms with Crippen molar-refractivity contribution in [3.8, 4) is 0 Å². The van der Waals surface area contributed by atoms with E-state index in [4.69, 9.17) is 4.42 Å². The molecular formula is C26H28FN3O3. The van der Waals surface area contributed by atoms with Crippen molar-refractivity contribution in [2.24, 2.45) is 0 Å². The maximum absolute atomic E-state index is 13.9. The highest BCUT2D eigenvalue weighted by Gasteiger charge is 2.25. The van der Waals surface area contributed by atoms with Gasteiger partial charge in [0.1, 0.15) is 5.82 Å². The Morgan fingerprint density at radius 1 is 1.00 bits per heavy atom. The zero-order valence-electron chi connectivity index (χ0n) is 18.7. The Labute approximate surface area is 193 Å². The van der Waals surface area contributed by atoms with Gasteiger partial charge in [-0.15, -0.1) is 0 Å². The molecule has 0 saturated carbocycles. The molecule has 0 bridgehead atoms. The summed E-state index contributed by atoms with van der Waals surface area (Å²) in [5.41, 5.74) is 2.80. The van der Waals surface area contributed by atoms with Crippen LogP contribution in [0.5, 0.6) is 0 Å². The highest BCUT2D eigenvalue weighted by molar-refractivity contribution is 5.91. The molecule has 1 aromatic heterocycles. The maximum atomic E-state index is 13.9. The third kappa shape index (κ3) is 5.68. The molecule has 4 rings (SSSR count).